The number of halogens is 1. The van der Waals surface area contributed by atoms with Crippen LogP contribution in [0.2, 0.25) is 0 Å². The van der Waals surface area contributed by atoms with Crippen molar-refractivity contribution in [3.8, 4) is 0 Å². The zero-order valence-corrected chi connectivity index (χ0v) is 18.9. The average Bonchev–Trinajstić information content (AvgIpc) is 2.59. The van der Waals surface area contributed by atoms with E-state index in [1.807, 2.05) is 30.6 Å². The lowest BCUT2D eigenvalue weighted by Gasteiger charge is -2.42. The summed E-state index contributed by atoms with van der Waals surface area (Å²) in [5, 5.41) is 11.0. The van der Waals surface area contributed by atoms with Gasteiger partial charge in [0.2, 0.25) is 0 Å². The first-order chi connectivity index (χ1) is 11.7. The Labute approximate surface area is 175 Å². The molecule has 0 fully saturated rings. The second kappa shape index (κ2) is 7.97. The Kier molecular flexibility index (Phi) is 6.55. The summed E-state index contributed by atoms with van der Waals surface area (Å²) in [7, 11) is 0. The highest BCUT2D eigenvalue weighted by molar-refractivity contribution is 5.48. The first-order valence-corrected chi connectivity index (χ1v) is 9.54. The first kappa shape index (κ1) is 21.4. The molecular formula is C23H32INO. The number of aryl methyl sites for hydroxylation is 1. The molecule has 2 nitrogen and oxygen atoms in total. The van der Waals surface area contributed by atoms with E-state index in [1.54, 1.807) is 0 Å². The standard InChI is InChI=1S/C23H32NO.HI/c1-6-17-14-19-20(23(4,5)11-10-22(19,2)3)15-18(17)21(25)16-24-12-8-7-9-13-24;/h7-9,12-15,21,25H,6,10-11,16H2,1-5H3;1H/q+1;/p-1. The molecule has 0 amide bonds. The highest BCUT2D eigenvalue weighted by Gasteiger charge is 2.38. The van der Waals surface area contributed by atoms with Gasteiger partial charge in [-0.1, -0.05) is 52.8 Å². The lowest BCUT2D eigenvalue weighted by atomic mass is 9.62. The van der Waals surface area contributed by atoms with Crippen LogP contribution >= 0.6 is 0 Å². The maximum absolute atomic E-state index is 11.0. The predicted octanol–water partition coefficient (Wildman–Crippen LogP) is 1.62. The van der Waals surface area contributed by atoms with E-state index in [9.17, 15) is 5.11 Å². The van der Waals surface area contributed by atoms with E-state index in [4.69, 9.17) is 0 Å². The van der Waals surface area contributed by atoms with Crippen LogP contribution in [0.5, 0.6) is 0 Å². The summed E-state index contributed by atoms with van der Waals surface area (Å²) in [6.45, 7) is 12.2. The number of rotatable bonds is 4. The van der Waals surface area contributed by atoms with E-state index in [-0.39, 0.29) is 34.8 Å². The molecule has 1 aliphatic carbocycles. The first-order valence-electron chi connectivity index (χ1n) is 9.54. The van der Waals surface area contributed by atoms with E-state index in [2.05, 4.69) is 51.3 Å². The molecule has 1 aromatic carbocycles. The summed E-state index contributed by atoms with van der Waals surface area (Å²) in [6.07, 6.45) is 6.92. The molecule has 1 aromatic heterocycles. The van der Waals surface area contributed by atoms with Crippen molar-refractivity contribution in [3.05, 3.63) is 65.0 Å². The van der Waals surface area contributed by atoms with Crippen molar-refractivity contribution >= 4 is 0 Å². The van der Waals surface area contributed by atoms with Gasteiger partial charge in [0.25, 0.3) is 0 Å². The normalized spacial score (nSPS) is 18.5. The van der Waals surface area contributed by atoms with Gasteiger partial charge < -0.3 is 29.1 Å². The molecule has 0 aliphatic heterocycles. The molecule has 1 aliphatic rings. The topological polar surface area (TPSA) is 24.1 Å². The summed E-state index contributed by atoms with van der Waals surface area (Å²) < 4.78 is 2.05. The Morgan fingerprint density at radius 1 is 0.962 bits per heavy atom. The van der Waals surface area contributed by atoms with Crippen LogP contribution in [0.3, 0.4) is 0 Å². The smallest absolute Gasteiger partial charge is 0.178 e. The van der Waals surface area contributed by atoms with Gasteiger partial charge in [0, 0.05) is 12.1 Å². The van der Waals surface area contributed by atoms with Gasteiger partial charge in [-0.05, 0) is 52.3 Å². The second-order valence-electron chi connectivity index (χ2n) is 8.81. The molecule has 0 saturated heterocycles. The lowest BCUT2D eigenvalue weighted by Crippen LogP contribution is -3.00. The molecule has 1 N–H and O–H groups in total. The molecule has 0 bridgehead atoms. The van der Waals surface area contributed by atoms with Gasteiger partial charge in [0.05, 0.1) is 0 Å². The number of benzene rings is 1. The van der Waals surface area contributed by atoms with Crippen molar-refractivity contribution in [2.24, 2.45) is 0 Å². The maximum Gasteiger partial charge on any atom is 0.178 e. The van der Waals surface area contributed by atoms with E-state index < -0.39 is 6.10 Å². The Morgan fingerprint density at radius 2 is 1.50 bits per heavy atom. The summed E-state index contributed by atoms with van der Waals surface area (Å²) in [5.41, 5.74) is 5.67. The largest absolute Gasteiger partial charge is 1.00 e. The van der Waals surface area contributed by atoms with Crippen molar-refractivity contribution < 1.29 is 33.7 Å². The minimum absolute atomic E-state index is 0. The van der Waals surface area contributed by atoms with Crippen molar-refractivity contribution in [1.82, 2.24) is 0 Å². The third-order valence-corrected chi connectivity index (χ3v) is 6.01. The lowest BCUT2D eigenvalue weighted by molar-refractivity contribution is -0.704. The Morgan fingerprint density at radius 3 is 2.04 bits per heavy atom. The third-order valence-electron chi connectivity index (χ3n) is 6.01. The molecule has 1 unspecified atom stereocenters. The van der Waals surface area contributed by atoms with E-state index in [0.29, 0.717) is 6.54 Å². The molecule has 2 aromatic rings. The minimum atomic E-state index is -0.478. The van der Waals surface area contributed by atoms with Crippen LogP contribution in [-0.4, -0.2) is 5.11 Å². The Bertz CT molecular complexity index is 752. The summed E-state index contributed by atoms with van der Waals surface area (Å²) in [5.74, 6) is 0. The number of aliphatic hydroxyl groups is 1. The monoisotopic (exact) mass is 465 g/mol. The summed E-state index contributed by atoms with van der Waals surface area (Å²) >= 11 is 0. The summed E-state index contributed by atoms with van der Waals surface area (Å²) in [4.78, 5) is 0. The molecule has 0 radical (unpaired) electrons. The SMILES string of the molecule is CCc1cc2c(cc1C(O)C[n+]1ccccc1)C(C)(C)CCC2(C)C.[I-]. The number of aliphatic hydroxyl groups excluding tert-OH is 1. The van der Waals surface area contributed by atoms with Gasteiger partial charge in [-0.2, -0.15) is 0 Å². The van der Waals surface area contributed by atoms with Crippen LogP contribution in [0.1, 0.15) is 75.8 Å². The second-order valence-corrected chi connectivity index (χ2v) is 8.81. The average molecular weight is 465 g/mol. The number of pyridine rings is 1. The highest BCUT2D eigenvalue weighted by atomic mass is 127. The van der Waals surface area contributed by atoms with Gasteiger partial charge in [0.15, 0.2) is 18.9 Å². The maximum atomic E-state index is 11.0. The van der Waals surface area contributed by atoms with Crippen molar-refractivity contribution in [2.75, 3.05) is 0 Å². The molecule has 142 valence electrons. The van der Waals surface area contributed by atoms with Crippen molar-refractivity contribution in [1.29, 1.82) is 0 Å². The van der Waals surface area contributed by atoms with E-state index in [0.717, 1.165) is 12.0 Å². The van der Waals surface area contributed by atoms with Crippen LogP contribution < -0.4 is 28.5 Å². The van der Waals surface area contributed by atoms with Crippen LogP contribution in [0.15, 0.2) is 42.7 Å². The van der Waals surface area contributed by atoms with Gasteiger partial charge >= 0.3 is 0 Å². The number of hydrogen-bond donors (Lipinski definition) is 1. The molecule has 1 heterocycles. The number of aromatic nitrogens is 1. The molecule has 3 rings (SSSR count). The fourth-order valence-electron chi connectivity index (χ4n) is 4.15. The van der Waals surface area contributed by atoms with Crippen molar-refractivity contribution in [2.45, 2.75) is 77.4 Å². The molecule has 0 spiro atoms. The Hall–Kier alpha value is -0.940. The Balaban J connectivity index is 0.00000243. The van der Waals surface area contributed by atoms with E-state index in [1.165, 1.54) is 29.5 Å². The van der Waals surface area contributed by atoms with Gasteiger partial charge in [-0.25, -0.2) is 4.57 Å². The number of hydrogen-bond acceptors (Lipinski definition) is 1. The zero-order chi connectivity index (χ0) is 18.2. The van der Waals surface area contributed by atoms with Gasteiger partial charge in [-0.15, -0.1) is 0 Å². The molecule has 26 heavy (non-hydrogen) atoms. The van der Waals surface area contributed by atoms with Crippen LogP contribution in [0, 0.1) is 0 Å². The quantitative estimate of drug-likeness (QED) is 0.539. The van der Waals surface area contributed by atoms with Gasteiger partial charge in [-0.3, -0.25) is 0 Å². The number of fused-ring (bicyclic) bond motifs is 1. The summed E-state index contributed by atoms with van der Waals surface area (Å²) in [6, 6.07) is 10.7. The van der Waals surface area contributed by atoms with Crippen LogP contribution in [0.4, 0.5) is 0 Å². The highest BCUT2D eigenvalue weighted by Crippen LogP contribution is 2.47. The predicted molar refractivity (Wildman–Crippen MR) is 103 cm³/mol. The molecule has 0 saturated carbocycles. The van der Waals surface area contributed by atoms with Crippen LogP contribution in [0.25, 0.3) is 0 Å². The fraction of sp³-hybridized carbons (Fsp3) is 0.522. The fourth-order valence-corrected chi connectivity index (χ4v) is 4.15. The third kappa shape index (κ3) is 4.14. The zero-order valence-electron chi connectivity index (χ0n) is 16.7. The molecule has 3 heteroatoms. The number of nitrogens with zero attached hydrogens (tertiary/aromatic N) is 1. The van der Waals surface area contributed by atoms with Crippen molar-refractivity contribution in [3.63, 3.8) is 0 Å². The minimum Gasteiger partial charge on any atom is -1.00 e. The molecular weight excluding hydrogens is 433 g/mol. The van der Waals surface area contributed by atoms with Gasteiger partial charge in [0.1, 0.15) is 6.10 Å². The molecule has 1 atom stereocenters. The van der Waals surface area contributed by atoms with Crippen LogP contribution in [-0.2, 0) is 23.8 Å². The van der Waals surface area contributed by atoms with E-state index >= 15 is 0 Å².